The van der Waals surface area contributed by atoms with Crippen LogP contribution in [0.2, 0.25) is 0 Å². The van der Waals surface area contributed by atoms with Crippen LogP contribution >= 0.6 is 0 Å². The highest BCUT2D eigenvalue weighted by Gasteiger charge is 2.53. The minimum atomic E-state index is -0.357. The highest BCUT2D eigenvalue weighted by molar-refractivity contribution is 5.76. The van der Waals surface area contributed by atoms with Crippen LogP contribution in [0.25, 0.3) is 0 Å². The van der Waals surface area contributed by atoms with Crippen LogP contribution in [0.4, 0.5) is 0 Å². The van der Waals surface area contributed by atoms with E-state index < -0.39 is 0 Å². The number of aromatic nitrogens is 2. The Morgan fingerprint density at radius 3 is 2.75 bits per heavy atom. The molecule has 2 atom stereocenters. The Bertz CT molecular complexity index is 1010. The molecule has 1 spiro atoms. The van der Waals surface area contributed by atoms with Crippen LogP contribution in [-0.4, -0.2) is 53.0 Å². The average molecular weight is 440 g/mol. The molecule has 2 aromatic rings. The number of fused-ring (bicyclic) bond motifs is 3. The zero-order valence-corrected chi connectivity index (χ0v) is 19.5. The molecule has 0 N–H and O–H groups in total. The van der Waals surface area contributed by atoms with Gasteiger partial charge in [-0.2, -0.15) is 5.10 Å². The lowest BCUT2D eigenvalue weighted by Crippen LogP contribution is -2.55. The molecule has 172 valence electrons. The van der Waals surface area contributed by atoms with Gasteiger partial charge in [-0.05, 0) is 57.1 Å². The summed E-state index contributed by atoms with van der Waals surface area (Å²) in [5.74, 6) is 1.97. The summed E-state index contributed by atoms with van der Waals surface area (Å²) in [5, 5.41) is 4.25. The molecule has 7 heteroatoms. The Hall–Kier alpha value is -2.54. The van der Waals surface area contributed by atoms with Gasteiger partial charge in [-0.1, -0.05) is 12.1 Å². The van der Waals surface area contributed by atoms with Crippen molar-refractivity contribution in [3.8, 4) is 11.5 Å². The van der Waals surface area contributed by atoms with Crippen LogP contribution in [0.3, 0.4) is 0 Å². The fourth-order valence-electron chi connectivity index (χ4n) is 5.67. The van der Waals surface area contributed by atoms with E-state index in [0.29, 0.717) is 6.54 Å². The first-order valence-corrected chi connectivity index (χ1v) is 11.5. The molecule has 0 unspecified atom stereocenters. The van der Waals surface area contributed by atoms with E-state index in [-0.39, 0.29) is 28.9 Å². The van der Waals surface area contributed by atoms with Gasteiger partial charge in [-0.25, -0.2) is 0 Å². The molecule has 32 heavy (non-hydrogen) atoms. The highest BCUT2D eigenvalue weighted by atomic mass is 16.5. The molecule has 0 bridgehead atoms. The Balaban J connectivity index is 1.28. The van der Waals surface area contributed by atoms with Crippen LogP contribution < -0.4 is 9.47 Å². The molecule has 7 nitrogen and oxygen atoms in total. The fraction of sp³-hybridized carbons (Fsp3) is 0.600. The third kappa shape index (κ3) is 3.66. The molecule has 3 aliphatic heterocycles. The molecular weight excluding hydrogens is 406 g/mol. The molecule has 2 fully saturated rings. The molecule has 0 radical (unpaired) electrons. The summed E-state index contributed by atoms with van der Waals surface area (Å²) in [6.07, 6.45) is 6.67. The summed E-state index contributed by atoms with van der Waals surface area (Å²) in [7, 11) is 1.68. The van der Waals surface area contributed by atoms with Gasteiger partial charge in [-0.15, -0.1) is 0 Å². The number of piperidine rings is 1. The van der Waals surface area contributed by atoms with Gasteiger partial charge in [-0.3, -0.25) is 9.48 Å². The molecule has 4 heterocycles. The van der Waals surface area contributed by atoms with Gasteiger partial charge >= 0.3 is 0 Å². The lowest BCUT2D eigenvalue weighted by Gasteiger charge is -2.54. The van der Waals surface area contributed by atoms with E-state index >= 15 is 0 Å². The molecule has 0 aliphatic carbocycles. The maximum atomic E-state index is 12.8. The number of hydrogen-bond donors (Lipinski definition) is 0. The Labute approximate surface area is 189 Å². The summed E-state index contributed by atoms with van der Waals surface area (Å²) in [5.41, 5.74) is 1.90. The van der Waals surface area contributed by atoms with Crippen molar-refractivity contribution in [1.29, 1.82) is 0 Å². The number of methoxy groups -OCH3 is 1. The van der Waals surface area contributed by atoms with E-state index in [9.17, 15) is 4.79 Å². The second-order valence-electron chi connectivity index (χ2n) is 10.2. The lowest BCUT2D eigenvalue weighted by molar-refractivity contribution is -0.176. The molecule has 3 aliphatic rings. The van der Waals surface area contributed by atoms with Crippen molar-refractivity contribution in [1.82, 2.24) is 14.7 Å². The minimum absolute atomic E-state index is 0.0113. The summed E-state index contributed by atoms with van der Waals surface area (Å²) < 4.78 is 20.3. The first-order valence-electron chi connectivity index (χ1n) is 11.5. The zero-order chi connectivity index (χ0) is 22.5. The van der Waals surface area contributed by atoms with E-state index in [4.69, 9.17) is 14.2 Å². The Kier molecular flexibility index (Phi) is 5.19. The normalized spacial score (nSPS) is 25.6. The predicted octanol–water partition coefficient (Wildman–Crippen LogP) is 3.76. The average Bonchev–Trinajstić information content (AvgIpc) is 3.18. The van der Waals surface area contributed by atoms with E-state index in [0.717, 1.165) is 61.6 Å². The largest absolute Gasteiger partial charge is 0.493 e. The number of ether oxygens (including phenoxy) is 3. The molecule has 1 amide bonds. The quantitative estimate of drug-likeness (QED) is 0.729. The fourth-order valence-corrected chi connectivity index (χ4v) is 5.67. The monoisotopic (exact) mass is 439 g/mol. The number of para-hydroxylation sites is 1. The Morgan fingerprint density at radius 2 is 2.06 bits per heavy atom. The predicted molar refractivity (Wildman–Crippen MR) is 120 cm³/mol. The van der Waals surface area contributed by atoms with Gasteiger partial charge in [0, 0.05) is 30.8 Å². The molecule has 2 saturated heterocycles. The lowest BCUT2D eigenvalue weighted by atomic mass is 9.64. The molecule has 1 aromatic heterocycles. The molecule has 5 rings (SSSR count). The maximum Gasteiger partial charge on any atom is 0.244 e. The van der Waals surface area contributed by atoms with Gasteiger partial charge in [0.1, 0.15) is 12.1 Å². The van der Waals surface area contributed by atoms with Crippen molar-refractivity contribution >= 4 is 5.91 Å². The maximum absolute atomic E-state index is 12.8. The number of rotatable bonds is 3. The molecule has 1 aromatic carbocycles. The van der Waals surface area contributed by atoms with E-state index in [1.807, 2.05) is 30.2 Å². The smallest absolute Gasteiger partial charge is 0.244 e. The second kappa shape index (κ2) is 7.80. The topological polar surface area (TPSA) is 65.8 Å². The number of benzene rings is 1. The molecular formula is C25H33N3O4. The number of nitrogens with zero attached hydrogens (tertiary/aromatic N) is 3. The summed E-state index contributed by atoms with van der Waals surface area (Å²) >= 11 is 0. The minimum Gasteiger partial charge on any atom is -0.493 e. The second-order valence-corrected chi connectivity index (χ2v) is 10.2. The van der Waals surface area contributed by atoms with E-state index in [1.165, 1.54) is 0 Å². The van der Waals surface area contributed by atoms with Crippen molar-refractivity contribution in [2.75, 3.05) is 26.8 Å². The van der Waals surface area contributed by atoms with Crippen molar-refractivity contribution in [2.24, 2.45) is 11.3 Å². The van der Waals surface area contributed by atoms with Crippen LogP contribution in [0, 0.1) is 18.3 Å². The number of carbonyl (C=O) groups is 1. The van der Waals surface area contributed by atoms with Crippen molar-refractivity contribution in [2.45, 2.75) is 58.3 Å². The van der Waals surface area contributed by atoms with Gasteiger partial charge < -0.3 is 19.1 Å². The van der Waals surface area contributed by atoms with Crippen LogP contribution in [0.5, 0.6) is 11.5 Å². The van der Waals surface area contributed by atoms with E-state index in [1.54, 1.807) is 18.0 Å². The molecule has 0 saturated carbocycles. The third-order valence-corrected chi connectivity index (χ3v) is 7.62. The van der Waals surface area contributed by atoms with Gasteiger partial charge in [0.2, 0.25) is 5.91 Å². The van der Waals surface area contributed by atoms with Gasteiger partial charge in [0.15, 0.2) is 11.5 Å². The number of amides is 1. The highest BCUT2D eigenvalue weighted by Crippen LogP contribution is 2.57. The van der Waals surface area contributed by atoms with Gasteiger partial charge in [0.05, 0.1) is 26.0 Å². The summed E-state index contributed by atoms with van der Waals surface area (Å²) in [4.78, 5) is 14.8. The zero-order valence-electron chi connectivity index (χ0n) is 19.5. The number of hydrogen-bond acceptors (Lipinski definition) is 5. The van der Waals surface area contributed by atoms with Crippen LogP contribution in [-0.2, 0) is 16.1 Å². The Morgan fingerprint density at radius 1 is 1.28 bits per heavy atom. The first kappa shape index (κ1) is 21.3. The van der Waals surface area contributed by atoms with Crippen LogP contribution in [0.1, 0.15) is 50.3 Å². The SMILES string of the molecule is COc1cccc2c1OC(C)(C)[C@H]1CC3(CCN(C(=O)Cn4cc(C)cn4)CC3)CO[C@H]21. The van der Waals surface area contributed by atoms with E-state index in [2.05, 4.69) is 25.0 Å². The van der Waals surface area contributed by atoms with Crippen molar-refractivity contribution in [3.05, 3.63) is 41.7 Å². The van der Waals surface area contributed by atoms with Crippen LogP contribution in [0.15, 0.2) is 30.6 Å². The van der Waals surface area contributed by atoms with Crippen molar-refractivity contribution in [3.63, 3.8) is 0 Å². The number of likely N-dealkylation sites (tertiary alicyclic amines) is 1. The first-order chi connectivity index (χ1) is 15.3. The van der Waals surface area contributed by atoms with Crippen molar-refractivity contribution < 1.29 is 19.0 Å². The standard InChI is InChI=1S/C25H33N3O4/c1-17-13-26-28(14-17)15-21(29)27-10-8-25(9-11-27)12-19-22(31-16-25)18-6-5-7-20(30-4)23(18)32-24(19,2)3/h5-7,13-14,19,22H,8-12,15-16H2,1-4H3/t19-,22+/m0/s1. The summed E-state index contributed by atoms with van der Waals surface area (Å²) in [6, 6.07) is 6.05. The number of carbonyl (C=O) groups excluding carboxylic acids is 1. The summed E-state index contributed by atoms with van der Waals surface area (Å²) in [6.45, 7) is 8.88. The third-order valence-electron chi connectivity index (χ3n) is 7.62. The number of aryl methyl sites for hydroxylation is 1. The van der Waals surface area contributed by atoms with Gasteiger partial charge in [0.25, 0.3) is 0 Å².